The van der Waals surface area contributed by atoms with E-state index in [0.717, 1.165) is 6.26 Å². The van der Waals surface area contributed by atoms with Crippen molar-refractivity contribution in [1.82, 2.24) is 10.0 Å². The molecule has 1 aliphatic heterocycles. The number of benzene rings is 2. The van der Waals surface area contributed by atoms with Crippen molar-refractivity contribution in [3.05, 3.63) is 59.7 Å². The number of methoxy groups -OCH3 is 1. The third kappa shape index (κ3) is 9.98. The molecule has 3 unspecified atom stereocenters. The Hall–Kier alpha value is -3.72. The molecule has 13 nitrogen and oxygen atoms in total. The number of ether oxygens (including phenoxy) is 5. The van der Waals surface area contributed by atoms with Crippen molar-refractivity contribution in [3.8, 4) is 11.5 Å². The summed E-state index contributed by atoms with van der Waals surface area (Å²) in [5, 5.41) is 2.65. The summed E-state index contributed by atoms with van der Waals surface area (Å²) in [5.41, 5.74) is 5.91. The summed E-state index contributed by atoms with van der Waals surface area (Å²) in [6.07, 6.45) is -2.88. The fraction of sp³-hybridized carbons (Fsp3) is 0.464. The van der Waals surface area contributed by atoms with Gasteiger partial charge in [-0.2, -0.15) is 0 Å². The maximum Gasteiger partial charge on any atom is 0.336 e. The molecule has 1 saturated heterocycles. The van der Waals surface area contributed by atoms with Gasteiger partial charge in [0.25, 0.3) is 5.91 Å². The number of nitrogens with two attached hydrogens (primary N) is 1. The SMILES string of the molecule is COc1ccc(C2OCC(C)(C)C(C(=O)OC(CC(N)=O)C(=O)NCc3ccc(OCCNS(C)(=O)=O)cc3)O2)cc1. The molecule has 0 saturated carbocycles. The first kappa shape index (κ1) is 32.8. The Kier molecular flexibility index (Phi) is 11.3. The van der Waals surface area contributed by atoms with Crippen LogP contribution in [0, 0.1) is 5.41 Å². The molecule has 1 fully saturated rings. The number of esters is 1. The van der Waals surface area contributed by atoms with Crippen molar-refractivity contribution in [2.75, 3.05) is 33.1 Å². The van der Waals surface area contributed by atoms with Gasteiger partial charge >= 0.3 is 5.97 Å². The summed E-state index contributed by atoms with van der Waals surface area (Å²) in [7, 11) is -1.75. The molecule has 0 aromatic heterocycles. The fourth-order valence-corrected chi connectivity index (χ4v) is 4.45. The zero-order valence-electron chi connectivity index (χ0n) is 24.0. The number of primary amides is 1. The quantitative estimate of drug-likeness (QED) is 0.208. The van der Waals surface area contributed by atoms with Gasteiger partial charge in [-0.05, 0) is 29.8 Å². The van der Waals surface area contributed by atoms with E-state index in [1.165, 1.54) is 0 Å². The van der Waals surface area contributed by atoms with Gasteiger partial charge in [0.15, 0.2) is 18.5 Å². The molecule has 3 atom stereocenters. The largest absolute Gasteiger partial charge is 0.497 e. The van der Waals surface area contributed by atoms with Gasteiger partial charge in [-0.1, -0.05) is 38.1 Å². The number of rotatable bonds is 14. The average molecular weight is 608 g/mol. The Bertz CT molecular complexity index is 1330. The van der Waals surface area contributed by atoms with Gasteiger partial charge in [-0.3, -0.25) is 9.59 Å². The van der Waals surface area contributed by atoms with E-state index >= 15 is 0 Å². The lowest BCUT2D eigenvalue weighted by Crippen LogP contribution is -2.50. The highest BCUT2D eigenvalue weighted by atomic mass is 32.2. The van der Waals surface area contributed by atoms with Crippen LogP contribution in [0.3, 0.4) is 0 Å². The highest BCUT2D eigenvalue weighted by Crippen LogP contribution is 2.37. The van der Waals surface area contributed by atoms with E-state index in [-0.39, 0.29) is 26.3 Å². The summed E-state index contributed by atoms with van der Waals surface area (Å²) < 4.78 is 52.5. The smallest absolute Gasteiger partial charge is 0.336 e. The number of hydrogen-bond acceptors (Lipinski definition) is 10. The molecule has 0 radical (unpaired) electrons. The van der Waals surface area contributed by atoms with Gasteiger partial charge < -0.3 is 34.7 Å². The van der Waals surface area contributed by atoms with Crippen LogP contribution in [0.25, 0.3) is 0 Å². The number of nitrogens with one attached hydrogen (secondary N) is 2. The lowest BCUT2D eigenvalue weighted by Gasteiger charge is -2.40. The highest BCUT2D eigenvalue weighted by molar-refractivity contribution is 7.88. The van der Waals surface area contributed by atoms with Crippen LogP contribution in [-0.4, -0.2) is 71.5 Å². The third-order valence-corrected chi connectivity index (χ3v) is 6.97. The molecule has 0 bridgehead atoms. The summed E-state index contributed by atoms with van der Waals surface area (Å²) in [6.45, 7) is 4.03. The van der Waals surface area contributed by atoms with Gasteiger partial charge in [0.1, 0.15) is 18.1 Å². The van der Waals surface area contributed by atoms with Crippen LogP contribution in [0.4, 0.5) is 0 Å². The van der Waals surface area contributed by atoms with Crippen molar-refractivity contribution in [2.24, 2.45) is 11.1 Å². The monoisotopic (exact) mass is 607 g/mol. The molecular weight excluding hydrogens is 570 g/mol. The molecule has 14 heteroatoms. The average Bonchev–Trinajstić information content (AvgIpc) is 2.93. The van der Waals surface area contributed by atoms with Gasteiger partial charge in [-0.15, -0.1) is 0 Å². The highest BCUT2D eigenvalue weighted by Gasteiger charge is 2.45. The summed E-state index contributed by atoms with van der Waals surface area (Å²) in [5.74, 6) is -1.19. The Morgan fingerprint density at radius 3 is 2.31 bits per heavy atom. The zero-order valence-corrected chi connectivity index (χ0v) is 24.8. The second-order valence-corrected chi connectivity index (χ2v) is 12.2. The molecule has 2 amide bonds. The Morgan fingerprint density at radius 2 is 1.71 bits per heavy atom. The van der Waals surface area contributed by atoms with Crippen molar-refractivity contribution < 1.29 is 46.5 Å². The Balaban J connectivity index is 1.59. The van der Waals surface area contributed by atoms with Gasteiger partial charge in [0.2, 0.25) is 15.9 Å². The molecular formula is C28H37N3O10S. The molecule has 0 aliphatic carbocycles. The first-order chi connectivity index (χ1) is 19.8. The number of carbonyl (C=O) groups excluding carboxylic acids is 3. The second-order valence-electron chi connectivity index (χ2n) is 10.4. The molecule has 4 N–H and O–H groups in total. The molecule has 2 aromatic carbocycles. The normalized spacial score (nSPS) is 18.9. The topological polar surface area (TPSA) is 182 Å². The standard InChI is InChI=1S/C28H37N3O10S/c1-28(2)17-39-27(19-7-11-20(37-3)12-8-19)41-24(28)26(34)40-22(15-23(29)32)25(33)30-16-18-5-9-21(10-6-18)38-14-13-31-42(4,35)36/h5-12,22,24,27,31H,13-17H2,1-4H3,(H2,29,32)(H,30,33). The van der Waals surface area contributed by atoms with E-state index in [4.69, 9.17) is 29.4 Å². The van der Waals surface area contributed by atoms with E-state index in [2.05, 4.69) is 10.0 Å². The molecule has 1 aliphatic rings. The predicted octanol–water partition coefficient (Wildman–Crippen LogP) is 1.17. The lowest BCUT2D eigenvalue weighted by molar-refractivity contribution is -0.267. The predicted molar refractivity (Wildman–Crippen MR) is 151 cm³/mol. The number of amides is 2. The van der Waals surface area contributed by atoms with Crippen molar-refractivity contribution in [1.29, 1.82) is 0 Å². The first-order valence-corrected chi connectivity index (χ1v) is 15.0. The van der Waals surface area contributed by atoms with Gasteiger partial charge in [0.05, 0.1) is 26.4 Å². The third-order valence-electron chi connectivity index (χ3n) is 6.24. The molecule has 1 heterocycles. The Morgan fingerprint density at radius 1 is 1.07 bits per heavy atom. The summed E-state index contributed by atoms with van der Waals surface area (Å²) in [6, 6.07) is 13.7. The van der Waals surface area contributed by atoms with Crippen LogP contribution < -0.4 is 25.2 Å². The number of sulfonamides is 1. The van der Waals surface area contributed by atoms with Crippen molar-refractivity contribution in [3.63, 3.8) is 0 Å². The fourth-order valence-electron chi connectivity index (χ4n) is 4.00. The number of carbonyl (C=O) groups is 3. The van der Waals surface area contributed by atoms with Crippen LogP contribution in [-0.2, 0) is 45.2 Å². The second kappa shape index (κ2) is 14.4. The minimum Gasteiger partial charge on any atom is -0.497 e. The maximum atomic E-state index is 13.3. The van der Waals surface area contributed by atoms with E-state index < -0.39 is 58.1 Å². The van der Waals surface area contributed by atoms with E-state index in [9.17, 15) is 22.8 Å². The number of hydrogen-bond donors (Lipinski definition) is 3. The van der Waals surface area contributed by atoms with Crippen LogP contribution in [0.2, 0.25) is 0 Å². The lowest BCUT2D eigenvalue weighted by atomic mass is 9.86. The van der Waals surface area contributed by atoms with Crippen LogP contribution in [0.1, 0.15) is 37.7 Å². The molecule has 2 aromatic rings. The van der Waals surface area contributed by atoms with Crippen LogP contribution in [0.5, 0.6) is 11.5 Å². The van der Waals surface area contributed by atoms with E-state index in [0.29, 0.717) is 22.6 Å². The summed E-state index contributed by atoms with van der Waals surface area (Å²) >= 11 is 0. The van der Waals surface area contributed by atoms with Crippen LogP contribution >= 0.6 is 0 Å². The van der Waals surface area contributed by atoms with E-state index in [1.54, 1.807) is 69.5 Å². The minimum absolute atomic E-state index is 0.0698. The minimum atomic E-state index is -3.30. The van der Waals surface area contributed by atoms with Gasteiger partial charge in [0, 0.05) is 24.1 Å². The molecule has 0 spiro atoms. The summed E-state index contributed by atoms with van der Waals surface area (Å²) in [4.78, 5) is 37.9. The van der Waals surface area contributed by atoms with Crippen molar-refractivity contribution >= 4 is 27.8 Å². The maximum absolute atomic E-state index is 13.3. The molecule has 3 rings (SSSR count). The zero-order chi connectivity index (χ0) is 30.9. The molecule has 230 valence electrons. The molecule has 42 heavy (non-hydrogen) atoms. The van der Waals surface area contributed by atoms with Crippen LogP contribution in [0.15, 0.2) is 48.5 Å². The van der Waals surface area contributed by atoms with Gasteiger partial charge in [-0.25, -0.2) is 17.9 Å². The first-order valence-electron chi connectivity index (χ1n) is 13.1. The Labute approximate surface area is 245 Å². The van der Waals surface area contributed by atoms with Crippen molar-refractivity contribution in [2.45, 2.75) is 45.3 Å². The van der Waals surface area contributed by atoms with E-state index in [1.807, 2.05) is 0 Å².